The zero-order valence-corrected chi connectivity index (χ0v) is 13.7. The van der Waals surface area contributed by atoms with Gasteiger partial charge in [0.2, 0.25) is 5.82 Å². The standard InChI is InChI=1S/C19H17FN4O/c1-12-21-18(23-24(12)15-9-7-14(20)8-10-15)19(25)22-17-11-6-13-4-2-3-5-16(13)17/h2-5,7-10,17H,6,11H2,1H3,(H,22,25). The van der Waals surface area contributed by atoms with Crippen molar-refractivity contribution in [1.82, 2.24) is 20.1 Å². The van der Waals surface area contributed by atoms with Gasteiger partial charge in [-0.2, -0.15) is 0 Å². The fraction of sp³-hybridized carbons (Fsp3) is 0.211. The van der Waals surface area contributed by atoms with Crippen molar-refractivity contribution < 1.29 is 9.18 Å². The Kier molecular flexibility index (Phi) is 3.80. The van der Waals surface area contributed by atoms with E-state index in [0.29, 0.717) is 11.5 Å². The lowest BCUT2D eigenvalue weighted by Gasteiger charge is -2.12. The second-order valence-corrected chi connectivity index (χ2v) is 6.13. The second kappa shape index (κ2) is 6.12. The largest absolute Gasteiger partial charge is 0.342 e. The molecule has 1 N–H and O–H groups in total. The van der Waals surface area contributed by atoms with Gasteiger partial charge in [-0.05, 0) is 55.2 Å². The van der Waals surface area contributed by atoms with Gasteiger partial charge in [-0.15, -0.1) is 5.10 Å². The van der Waals surface area contributed by atoms with E-state index >= 15 is 0 Å². The summed E-state index contributed by atoms with van der Waals surface area (Å²) in [5.74, 6) is 0.0693. The Hall–Kier alpha value is -3.02. The molecule has 6 heteroatoms. The molecule has 0 aliphatic heterocycles. The first kappa shape index (κ1) is 15.5. The van der Waals surface area contributed by atoms with E-state index in [1.54, 1.807) is 19.1 Å². The highest BCUT2D eigenvalue weighted by molar-refractivity contribution is 5.90. The van der Waals surface area contributed by atoms with Crippen molar-refractivity contribution in [3.05, 3.63) is 77.1 Å². The number of fused-ring (bicyclic) bond motifs is 1. The number of carbonyl (C=O) groups excluding carboxylic acids is 1. The molecule has 1 unspecified atom stereocenters. The van der Waals surface area contributed by atoms with E-state index in [0.717, 1.165) is 18.4 Å². The summed E-state index contributed by atoms with van der Waals surface area (Å²) in [5, 5.41) is 7.29. The van der Waals surface area contributed by atoms with Crippen LogP contribution >= 0.6 is 0 Å². The molecule has 1 aliphatic rings. The van der Waals surface area contributed by atoms with Crippen LogP contribution in [0.25, 0.3) is 5.69 Å². The van der Waals surface area contributed by atoms with Crippen molar-refractivity contribution in [2.75, 3.05) is 0 Å². The molecule has 5 nitrogen and oxygen atoms in total. The molecule has 1 amide bonds. The Balaban J connectivity index is 1.56. The Bertz CT molecular complexity index is 933. The number of halogens is 1. The van der Waals surface area contributed by atoms with E-state index in [4.69, 9.17) is 0 Å². The Morgan fingerprint density at radius 2 is 1.96 bits per heavy atom. The van der Waals surface area contributed by atoms with Gasteiger partial charge >= 0.3 is 0 Å². The number of nitrogens with one attached hydrogen (secondary N) is 1. The molecule has 1 aliphatic carbocycles. The van der Waals surface area contributed by atoms with Crippen molar-refractivity contribution in [2.45, 2.75) is 25.8 Å². The predicted octanol–water partition coefficient (Wildman–Crippen LogP) is 3.13. The lowest BCUT2D eigenvalue weighted by molar-refractivity contribution is 0.0926. The van der Waals surface area contributed by atoms with Crippen LogP contribution in [-0.2, 0) is 6.42 Å². The van der Waals surface area contributed by atoms with Crippen LogP contribution in [0.2, 0.25) is 0 Å². The molecule has 0 fully saturated rings. The zero-order chi connectivity index (χ0) is 17.4. The summed E-state index contributed by atoms with van der Waals surface area (Å²) in [6.07, 6.45) is 1.83. The smallest absolute Gasteiger partial charge is 0.291 e. The lowest BCUT2D eigenvalue weighted by Crippen LogP contribution is -2.28. The molecular formula is C19H17FN4O. The van der Waals surface area contributed by atoms with Crippen molar-refractivity contribution in [3.8, 4) is 5.69 Å². The maximum atomic E-state index is 13.1. The highest BCUT2D eigenvalue weighted by atomic mass is 19.1. The molecule has 126 valence electrons. The van der Waals surface area contributed by atoms with Gasteiger partial charge in [0.05, 0.1) is 11.7 Å². The van der Waals surface area contributed by atoms with E-state index in [1.807, 2.05) is 18.2 Å². The Labute approximate surface area is 144 Å². The van der Waals surface area contributed by atoms with Crippen molar-refractivity contribution in [2.24, 2.45) is 0 Å². The minimum atomic E-state index is -0.320. The van der Waals surface area contributed by atoms with Crippen molar-refractivity contribution in [3.63, 3.8) is 0 Å². The van der Waals surface area contributed by atoms with E-state index in [9.17, 15) is 9.18 Å². The van der Waals surface area contributed by atoms with E-state index in [2.05, 4.69) is 21.5 Å². The fourth-order valence-corrected chi connectivity index (χ4v) is 3.24. The third-order valence-corrected chi connectivity index (χ3v) is 4.48. The quantitative estimate of drug-likeness (QED) is 0.799. The third-order valence-electron chi connectivity index (χ3n) is 4.48. The van der Waals surface area contributed by atoms with Crippen LogP contribution in [0, 0.1) is 12.7 Å². The average molecular weight is 336 g/mol. The number of aryl methyl sites for hydroxylation is 2. The first-order valence-corrected chi connectivity index (χ1v) is 8.20. The van der Waals surface area contributed by atoms with Gasteiger partial charge in [0, 0.05) is 0 Å². The normalized spacial score (nSPS) is 15.8. The maximum absolute atomic E-state index is 13.1. The number of carbonyl (C=O) groups is 1. The van der Waals surface area contributed by atoms with Crippen LogP contribution < -0.4 is 5.32 Å². The van der Waals surface area contributed by atoms with Gasteiger partial charge in [-0.3, -0.25) is 4.79 Å². The molecule has 0 radical (unpaired) electrons. The SMILES string of the molecule is Cc1nc(C(=O)NC2CCc3ccccc32)nn1-c1ccc(F)cc1. The van der Waals surface area contributed by atoms with Crippen molar-refractivity contribution in [1.29, 1.82) is 0 Å². The summed E-state index contributed by atoms with van der Waals surface area (Å²) in [6, 6.07) is 14.0. The summed E-state index contributed by atoms with van der Waals surface area (Å²) in [5.41, 5.74) is 3.09. The number of hydrogen-bond acceptors (Lipinski definition) is 3. The topological polar surface area (TPSA) is 59.8 Å². The number of benzene rings is 2. The summed E-state index contributed by atoms with van der Waals surface area (Å²) in [4.78, 5) is 16.8. The first-order valence-electron chi connectivity index (χ1n) is 8.20. The van der Waals surface area contributed by atoms with Gasteiger partial charge in [0.25, 0.3) is 5.91 Å². The van der Waals surface area contributed by atoms with E-state index in [1.165, 1.54) is 22.4 Å². The zero-order valence-electron chi connectivity index (χ0n) is 13.7. The van der Waals surface area contributed by atoms with Crippen LogP contribution in [0.3, 0.4) is 0 Å². The molecule has 25 heavy (non-hydrogen) atoms. The van der Waals surface area contributed by atoms with Crippen LogP contribution in [0.1, 0.15) is 40.0 Å². The summed E-state index contributed by atoms with van der Waals surface area (Å²) in [6.45, 7) is 1.76. The molecule has 2 aromatic carbocycles. The average Bonchev–Trinajstić information content (AvgIpc) is 3.20. The maximum Gasteiger partial charge on any atom is 0.291 e. The van der Waals surface area contributed by atoms with Crippen LogP contribution in [0.4, 0.5) is 4.39 Å². The van der Waals surface area contributed by atoms with Gasteiger partial charge in [0.15, 0.2) is 0 Å². The van der Waals surface area contributed by atoms with E-state index in [-0.39, 0.29) is 23.6 Å². The number of nitrogens with zero attached hydrogens (tertiary/aromatic N) is 3. The Morgan fingerprint density at radius 1 is 1.20 bits per heavy atom. The lowest BCUT2D eigenvalue weighted by atomic mass is 10.1. The molecule has 1 aromatic heterocycles. The molecule has 0 spiro atoms. The second-order valence-electron chi connectivity index (χ2n) is 6.13. The van der Waals surface area contributed by atoms with Gasteiger partial charge in [-0.1, -0.05) is 24.3 Å². The van der Waals surface area contributed by atoms with E-state index < -0.39 is 0 Å². The van der Waals surface area contributed by atoms with Crippen molar-refractivity contribution >= 4 is 5.91 Å². The molecule has 1 heterocycles. The molecule has 3 aromatic rings. The fourth-order valence-electron chi connectivity index (χ4n) is 3.24. The number of aromatic nitrogens is 3. The number of hydrogen-bond donors (Lipinski definition) is 1. The summed E-state index contributed by atoms with van der Waals surface area (Å²) in [7, 11) is 0. The minimum absolute atomic E-state index is 0.0122. The van der Waals surface area contributed by atoms with Gasteiger partial charge in [0.1, 0.15) is 11.6 Å². The van der Waals surface area contributed by atoms with Crippen LogP contribution in [0.15, 0.2) is 48.5 Å². The summed E-state index contributed by atoms with van der Waals surface area (Å²) >= 11 is 0. The minimum Gasteiger partial charge on any atom is -0.342 e. The number of rotatable bonds is 3. The first-order chi connectivity index (χ1) is 12.1. The van der Waals surface area contributed by atoms with Crippen LogP contribution in [-0.4, -0.2) is 20.7 Å². The molecule has 4 rings (SSSR count). The Morgan fingerprint density at radius 3 is 2.76 bits per heavy atom. The molecule has 0 saturated heterocycles. The van der Waals surface area contributed by atoms with Gasteiger partial charge < -0.3 is 5.32 Å². The third kappa shape index (κ3) is 2.91. The molecular weight excluding hydrogens is 319 g/mol. The summed E-state index contributed by atoms with van der Waals surface area (Å²) < 4.78 is 14.6. The highest BCUT2D eigenvalue weighted by Gasteiger charge is 2.25. The molecule has 1 atom stereocenters. The molecule has 0 saturated carbocycles. The number of amides is 1. The van der Waals surface area contributed by atoms with Gasteiger partial charge in [-0.25, -0.2) is 14.1 Å². The molecule has 0 bridgehead atoms. The monoisotopic (exact) mass is 336 g/mol. The predicted molar refractivity (Wildman–Crippen MR) is 91.0 cm³/mol. The highest BCUT2D eigenvalue weighted by Crippen LogP contribution is 2.30. The van der Waals surface area contributed by atoms with Crippen LogP contribution in [0.5, 0.6) is 0 Å².